The van der Waals surface area contributed by atoms with Crippen molar-refractivity contribution in [2.45, 2.75) is 6.04 Å². The molecule has 0 aromatic heterocycles. The number of nitrogens with two attached hydrogens (primary N) is 1. The molecule has 2 N–H and O–H groups in total. The molecule has 3 nitrogen and oxygen atoms in total. The highest BCUT2D eigenvalue weighted by molar-refractivity contribution is 5.49. The Balaban J connectivity index is 2.57. The molecule has 1 aromatic carbocycles. The first-order valence-electron chi connectivity index (χ1n) is 3.98. The Kier molecular flexibility index (Phi) is 1.84. The summed E-state index contributed by atoms with van der Waals surface area (Å²) in [6.07, 6.45) is 0. The standard InChI is InChI=1S/C9H10FNO2/c1-12-7-2-5(10)3-8-9(7)6(11)4-13-8/h2-3,6H,4,11H2,1H3. The second-order valence-corrected chi connectivity index (χ2v) is 2.94. The number of hydrogen-bond acceptors (Lipinski definition) is 3. The lowest BCUT2D eigenvalue weighted by Gasteiger charge is -2.07. The van der Waals surface area contributed by atoms with Crippen molar-refractivity contribution in [2.75, 3.05) is 13.7 Å². The Hall–Kier alpha value is -1.29. The molecular formula is C9H10FNO2. The summed E-state index contributed by atoms with van der Waals surface area (Å²) in [5, 5.41) is 0. The molecule has 1 heterocycles. The molecular weight excluding hydrogens is 173 g/mol. The summed E-state index contributed by atoms with van der Waals surface area (Å²) in [4.78, 5) is 0. The first-order chi connectivity index (χ1) is 6.22. The second-order valence-electron chi connectivity index (χ2n) is 2.94. The van der Waals surface area contributed by atoms with Crippen LogP contribution in [0.3, 0.4) is 0 Å². The maximum Gasteiger partial charge on any atom is 0.130 e. The van der Waals surface area contributed by atoms with Gasteiger partial charge in [0.05, 0.1) is 18.7 Å². The van der Waals surface area contributed by atoms with E-state index in [0.29, 0.717) is 18.1 Å². The number of ether oxygens (including phenoxy) is 2. The summed E-state index contributed by atoms with van der Waals surface area (Å²) < 4.78 is 23.1. The van der Waals surface area contributed by atoms with E-state index in [1.807, 2.05) is 0 Å². The second kappa shape index (κ2) is 2.88. The predicted molar refractivity (Wildman–Crippen MR) is 45.4 cm³/mol. The monoisotopic (exact) mass is 183 g/mol. The zero-order valence-corrected chi connectivity index (χ0v) is 7.21. The van der Waals surface area contributed by atoms with Gasteiger partial charge in [-0.05, 0) is 0 Å². The lowest BCUT2D eigenvalue weighted by Crippen LogP contribution is -2.11. The van der Waals surface area contributed by atoms with Crippen LogP contribution in [0.5, 0.6) is 11.5 Å². The average Bonchev–Trinajstić information content (AvgIpc) is 2.46. The van der Waals surface area contributed by atoms with E-state index in [1.165, 1.54) is 19.2 Å². The van der Waals surface area contributed by atoms with Crippen LogP contribution in [0, 0.1) is 5.82 Å². The molecule has 0 spiro atoms. The Morgan fingerprint density at radius 1 is 1.62 bits per heavy atom. The molecule has 0 fully saturated rings. The van der Waals surface area contributed by atoms with Gasteiger partial charge in [0, 0.05) is 12.1 Å². The lowest BCUT2D eigenvalue weighted by molar-refractivity contribution is 0.332. The fourth-order valence-electron chi connectivity index (χ4n) is 1.49. The summed E-state index contributed by atoms with van der Waals surface area (Å²) in [5.74, 6) is 0.578. The molecule has 0 amide bonds. The SMILES string of the molecule is COc1cc(F)cc2c1C(N)CO2. The molecule has 0 saturated carbocycles. The van der Waals surface area contributed by atoms with Crippen LogP contribution in [0.4, 0.5) is 4.39 Å². The van der Waals surface area contributed by atoms with E-state index >= 15 is 0 Å². The molecule has 1 aromatic rings. The van der Waals surface area contributed by atoms with Crippen molar-refractivity contribution < 1.29 is 13.9 Å². The third-order valence-electron chi connectivity index (χ3n) is 2.08. The number of fused-ring (bicyclic) bond motifs is 1. The molecule has 1 atom stereocenters. The highest BCUT2D eigenvalue weighted by atomic mass is 19.1. The van der Waals surface area contributed by atoms with Crippen molar-refractivity contribution >= 4 is 0 Å². The first-order valence-corrected chi connectivity index (χ1v) is 3.98. The Morgan fingerprint density at radius 2 is 2.38 bits per heavy atom. The van der Waals surface area contributed by atoms with E-state index in [2.05, 4.69) is 0 Å². The summed E-state index contributed by atoms with van der Waals surface area (Å²) >= 11 is 0. The number of halogens is 1. The minimum atomic E-state index is -0.371. The van der Waals surface area contributed by atoms with Gasteiger partial charge in [-0.15, -0.1) is 0 Å². The van der Waals surface area contributed by atoms with Gasteiger partial charge in [-0.1, -0.05) is 0 Å². The van der Waals surface area contributed by atoms with Crippen LogP contribution in [0.1, 0.15) is 11.6 Å². The van der Waals surface area contributed by atoms with Crippen molar-refractivity contribution in [2.24, 2.45) is 5.73 Å². The largest absolute Gasteiger partial charge is 0.496 e. The Bertz CT molecular complexity index is 341. The van der Waals surface area contributed by atoms with Crippen LogP contribution in [-0.4, -0.2) is 13.7 Å². The summed E-state index contributed by atoms with van der Waals surface area (Å²) in [6.45, 7) is 0.384. The smallest absolute Gasteiger partial charge is 0.130 e. The van der Waals surface area contributed by atoms with E-state index in [4.69, 9.17) is 15.2 Å². The van der Waals surface area contributed by atoms with Crippen LogP contribution >= 0.6 is 0 Å². The van der Waals surface area contributed by atoms with Gasteiger partial charge in [-0.2, -0.15) is 0 Å². The van der Waals surface area contributed by atoms with Crippen molar-refractivity contribution in [3.05, 3.63) is 23.5 Å². The van der Waals surface area contributed by atoms with Crippen molar-refractivity contribution in [3.63, 3.8) is 0 Å². The average molecular weight is 183 g/mol. The van der Waals surface area contributed by atoms with Gasteiger partial charge in [0.15, 0.2) is 0 Å². The van der Waals surface area contributed by atoms with E-state index < -0.39 is 0 Å². The molecule has 1 aliphatic heterocycles. The van der Waals surface area contributed by atoms with Gasteiger partial charge in [0.2, 0.25) is 0 Å². The number of benzene rings is 1. The Labute approximate surface area is 75.3 Å². The molecule has 1 unspecified atom stereocenters. The third-order valence-corrected chi connectivity index (χ3v) is 2.08. The molecule has 0 bridgehead atoms. The summed E-state index contributed by atoms with van der Waals surface area (Å²) in [5.41, 5.74) is 6.50. The maximum absolute atomic E-state index is 12.9. The quantitative estimate of drug-likeness (QED) is 0.712. The Morgan fingerprint density at radius 3 is 3.08 bits per heavy atom. The van der Waals surface area contributed by atoms with Crippen LogP contribution in [0.2, 0.25) is 0 Å². The molecule has 13 heavy (non-hydrogen) atoms. The third kappa shape index (κ3) is 1.23. The van der Waals surface area contributed by atoms with Crippen LogP contribution < -0.4 is 15.2 Å². The zero-order valence-electron chi connectivity index (χ0n) is 7.21. The lowest BCUT2D eigenvalue weighted by atomic mass is 10.1. The molecule has 1 aliphatic rings. The first kappa shape index (κ1) is 8.31. The topological polar surface area (TPSA) is 44.5 Å². The van der Waals surface area contributed by atoms with Crippen LogP contribution in [0.15, 0.2) is 12.1 Å². The molecule has 4 heteroatoms. The van der Waals surface area contributed by atoms with Gasteiger partial charge in [-0.3, -0.25) is 0 Å². The zero-order chi connectivity index (χ0) is 9.42. The van der Waals surface area contributed by atoms with Crippen molar-refractivity contribution in [1.82, 2.24) is 0 Å². The maximum atomic E-state index is 12.9. The van der Waals surface area contributed by atoms with Crippen LogP contribution in [-0.2, 0) is 0 Å². The van der Waals surface area contributed by atoms with Crippen molar-refractivity contribution in [1.29, 1.82) is 0 Å². The van der Waals surface area contributed by atoms with E-state index in [0.717, 1.165) is 5.56 Å². The molecule has 0 radical (unpaired) electrons. The predicted octanol–water partition coefficient (Wildman–Crippen LogP) is 1.23. The minimum Gasteiger partial charge on any atom is -0.496 e. The van der Waals surface area contributed by atoms with Crippen LogP contribution in [0.25, 0.3) is 0 Å². The van der Waals surface area contributed by atoms with Gasteiger partial charge in [0.25, 0.3) is 0 Å². The van der Waals surface area contributed by atoms with Crippen molar-refractivity contribution in [3.8, 4) is 11.5 Å². The number of rotatable bonds is 1. The summed E-state index contributed by atoms with van der Waals surface area (Å²) in [6, 6.07) is 2.42. The molecule has 70 valence electrons. The van der Waals surface area contributed by atoms with Gasteiger partial charge in [-0.25, -0.2) is 4.39 Å². The number of hydrogen-bond donors (Lipinski definition) is 1. The fourth-order valence-corrected chi connectivity index (χ4v) is 1.49. The minimum absolute atomic E-state index is 0.217. The highest BCUT2D eigenvalue weighted by Gasteiger charge is 2.25. The van der Waals surface area contributed by atoms with Gasteiger partial charge < -0.3 is 15.2 Å². The van der Waals surface area contributed by atoms with Gasteiger partial charge >= 0.3 is 0 Å². The molecule has 0 aliphatic carbocycles. The van der Waals surface area contributed by atoms with E-state index in [9.17, 15) is 4.39 Å². The van der Waals surface area contributed by atoms with Gasteiger partial charge in [0.1, 0.15) is 23.9 Å². The normalized spacial score (nSPS) is 19.5. The molecule has 0 saturated heterocycles. The number of methoxy groups -OCH3 is 1. The molecule has 2 rings (SSSR count). The summed E-state index contributed by atoms with van der Waals surface area (Å²) in [7, 11) is 1.49. The van der Waals surface area contributed by atoms with E-state index in [1.54, 1.807) is 0 Å². The van der Waals surface area contributed by atoms with E-state index in [-0.39, 0.29) is 11.9 Å². The highest BCUT2D eigenvalue weighted by Crippen LogP contribution is 2.38. The fraction of sp³-hybridized carbons (Fsp3) is 0.333.